The van der Waals surface area contributed by atoms with Crippen molar-refractivity contribution in [2.75, 3.05) is 11.9 Å². The molecule has 0 saturated carbocycles. The molecule has 33 heavy (non-hydrogen) atoms. The fourth-order valence-corrected chi connectivity index (χ4v) is 3.74. The largest absolute Gasteiger partial charge is 0.461 e. The van der Waals surface area contributed by atoms with Gasteiger partial charge in [0.05, 0.1) is 23.3 Å². The van der Waals surface area contributed by atoms with Crippen LogP contribution in [0.2, 0.25) is 0 Å². The van der Waals surface area contributed by atoms with E-state index in [0.717, 1.165) is 11.0 Å². The molecule has 0 aliphatic heterocycles. The summed E-state index contributed by atoms with van der Waals surface area (Å²) in [6, 6.07) is 16.3. The number of nitrogens with zero attached hydrogens (tertiary/aromatic N) is 4. The molecule has 2 aromatic carbocycles. The number of carbonyl (C=O) groups excluding carboxylic acids is 2. The van der Waals surface area contributed by atoms with Crippen molar-refractivity contribution < 1.29 is 14.3 Å². The number of aryl methyl sites for hydroxylation is 2. The van der Waals surface area contributed by atoms with E-state index in [2.05, 4.69) is 10.4 Å². The van der Waals surface area contributed by atoms with Gasteiger partial charge in [0, 0.05) is 31.4 Å². The number of nitrogens with one attached hydrogen (secondary N) is 1. The van der Waals surface area contributed by atoms with Gasteiger partial charge in [0.15, 0.2) is 5.69 Å². The summed E-state index contributed by atoms with van der Waals surface area (Å²) in [5, 5.41) is 7.10. The van der Waals surface area contributed by atoms with Crippen molar-refractivity contribution in [1.82, 2.24) is 18.9 Å². The number of aromatic nitrogens is 4. The smallest absolute Gasteiger partial charge is 0.358 e. The molecule has 2 heterocycles. The van der Waals surface area contributed by atoms with Crippen molar-refractivity contribution in [3.05, 3.63) is 77.0 Å². The maximum absolute atomic E-state index is 12.7. The van der Waals surface area contributed by atoms with E-state index < -0.39 is 5.97 Å². The van der Waals surface area contributed by atoms with Crippen molar-refractivity contribution in [2.45, 2.75) is 33.4 Å². The van der Waals surface area contributed by atoms with Crippen LogP contribution in [0.15, 0.2) is 65.6 Å². The minimum atomic E-state index is -0.486. The van der Waals surface area contributed by atoms with Crippen molar-refractivity contribution in [1.29, 1.82) is 0 Å². The first kappa shape index (κ1) is 22.1. The Bertz CT molecular complexity index is 1360. The molecular formula is C24H25N5O4. The monoisotopic (exact) mass is 447 g/mol. The van der Waals surface area contributed by atoms with Crippen LogP contribution in [0.4, 0.5) is 5.69 Å². The molecule has 4 rings (SSSR count). The summed E-state index contributed by atoms with van der Waals surface area (Å²) in [5.41, 5.74) is 3.04. The first-order valence-corrected chi connectivity index (χ1v) is 10.8. The van der Waals surface area contributed by atoms with Crippen LogP contribution in [-0.4, -0.2) is 37.4 Å². The van der Waals surface area contributed by atoms with Gasteiger partial charge in [-0.1, -0.05) is 18.2 Å². The van der Waals surface area contributed by atoms with Crippen LogP contribution < -0.4 is 11.0 Å². The normalized spacial score (nSPS) is 11.0. The van der Waals surface area contributed by atoms with E-state index in [1.807, 2.05) is 37.3 Å². The number of fused-ring (bicyclic) bond motifs is 1. The van der Waals surface area contributed by atoms with Crippen LogP contribution in [0.5, 0.6) is 0 Å². The van der Waals surface area contributed by atoms with E-state index >= 15 is 0 Å². The van der Waals surface area contributed by atoms with Crippen LogP contribution in [0.1, 0.15) is 30.8 Å². The minimum absolute atomic E-state index is 0.121. The number of amides is 1. The highest BCUT2D eigenvalue weighted by atomic mass is 16.5. The number of para-hydroxylation sites is 2. The molecule has 170 valence electrons. The second-order valence-electron chi connectivity index (χ2n) is 7.38. The highest BCUT2D eigenvalue weighted by molar-refractivity contribution is 5.91. The van der Waals surface area contributed by atoms with Gasteiger partial charge in [-0.25, -0.2) is 14.3 Å². The van der Waals surface area contributed by atoms with Crippen molar-refractivity contribution in [2.24, 2.45) is 0 Å². The molecular weight excluding hydrogens is 422 g/mol. The number of carbonyl (C=O) groups is 2. The summed E-state index contributed by atoms with van der Waals surface area (Å²) in [7, 11) is 0. The Morgan fingerprint density at radius 2 is 1.76 bits per heavy atom. The van der Waals surface area contributed by atoms with Gasteiger partial charge in [-0.3, -0.25) is 13.9 Å². The van der Waals surface area contributed by atoms with E-state index in [0.29, 0.717) is 17.9 Å². The maximum Gasteiger partial charge on any atom is 0.358 e. The Morgan fingerprint density at radius 1 is 1.00 bits per heavy atom. The number of imidazole rings is 1. The van der Waals surface area contributed by atoms with E-state index in [1.165, 1.54) is 0 Å². The molecule has 1 amide bonds. The molecule has 0 aliphatic carbocycles. The molecule has 0 radical (unpaired) electrons. The molecule has 9 heteroatoms. The molecule has 0 spiro atoms. The lowest BCUT2D eigenvalue weighted by atomic mass is 10.2. The fraction of sp³-hybridized carbons (Fsp3) is 0.250. The van der Waals surface area contributed by atoms with Crippen molar-refractivity contribution >= 4 is 28.6 Å². The zero-order valence-corrected chi connectivity index (χ0v) is 18.5. The van der Waals surface area contributed by atoms with Crippen LogP contribution in [-0.2, 0) is 22.6 Å². The van der Waals surface area contributed by atoms with Gasteiger partial charge in [0.2, 0.25) is 5.91 Å². The molecule has 1 N–H and O–H groups in total. The molecule has 4 aromatic rings. The Hall–Kier alpha value is -4.14. The standard InChI is InChI=1S/C24H25N5O4/c1-3-27-20-10-5-6-11-21(20)28(24(27)32)14-13-22(30)25-17-8-7-9-18(16-17)29-15-12-19(26-29)23(31)33-4-2/h5-12,15-16H,3-4,13-14H2,1-2H3,(H,25,30). The second-order valence-corrected chi connectivity index (χ2v) is 7.38. The van der Waals surface area contributed by atoms with E-state index in [1.54, 1.807) is 51.2 Å². The first-order valence-electron chi connectivity index (χ1n) is 10.8. The van der Waals surface area contributed by atoms with Crippen LogP contribution in [0.3, 0.4) is 0 Å². The van der Waals surface area contributed by atoms with Gasteiger partial charge in [0.25, 0.3) is 0 Å². The Labute approximate surface area is 190 Å². The predicted octanol–water partition coefficient (Wildman–Crippen LogP) is 3.21. The van der Waals surface area contributed by atoms with Gasteiger partial charge >= 0.3 is 11.7 Å². The van der Waals surface area contributed by atoms with Crippen LogP contribution in [0, 0.1) is 0 Å². The molecule has 0 unspecified atom stereocenters. The average Bonchev–Trinajstić information content (AvgIpc) is 3.41. The highest BCUT2D eigenvalue weighted by Crippen LogP contribution is 2.16. The van der Waals surface area contributed by atoms with Crippen molar-refractivity contribution in [3.8, 4) is 5.69 Å². The zero-order chi connectivity index (χ0) is 23.4. The van der Waals surface area contributed by atoms with E-state index in [4.69, 9.17) is 4.74 Å². The number of benzene rings is 2. The maximum atomic E-state index is 12.7. The molecule has 2 aromatic heterocycles. The Balaban J connectivity index is 1.45. The van der Waals surface area contributed by atoms with Gasteiger partial charge in [0.1, 0.15) is 0 Å². The summed E-state index contributed by atoms with van der Waals surface area (Å²) in [5.74, 6) is -0.694. The van der Waals surface area contributed by atoms with E-state index in [-0.39, 0.29) is 36.9 Å². The fourth-order valence-electron chi connectivity index (χ4n) is 3.74. The molecule has 0 saturated heterocycles. The lowest BCUT2D eigenvalue weighted by Crippen LogP contribution is -2.25. The molecule has 0 fully saturated rings. The summed E-state index contributed by atoms with van der Waals surface area (Å²) >= 11 is 0. The van der Waals surface area contributed by atoms with Crippen LogP contribution in [0.25, 0.3) is 16.7 Å². The summed E-state index contributed by atoms with van der Waals surface area (Å²) < 4.78 is 9.84. The summed E-state index contributed by atoms with van der Waals surface area (Å²) in [6.45, 7) is 4.78. The minimum Gasteiger partial charge on any atom is -0.461 e. The number of hydrogen-bond acceptors (Lipinski definition) is 5. The highest BCUT2D eigenvalue weighted by Gasteiger charge is 2.14. The average molecular weight is 447 g/mol. The van der Waals surface area contributed by atoms with Gasteiger partial charge < -0.3 is 10.1 Å². The second kappa shape index (κ2) is 9.56. The third-order valence-electron chi connectivity index (χ3n) is 5.27. The lowest BCUT2D eigenvalue weighted by Gasteiger charge is -2.08. The van der Waals surface area contributed by atoms with Gasteiger partial charge in [-0.05, 0) is 50.2 Å². The van der Waals surface area contributed by atoms with Crippen molar-refractivity contribution in [3.63, 3.8) is 0 Å². The SMILES string of the molecule is CCOC(=O)c1ccn(-c2cccc(NC(=O)CCn3c(=O)n(CC)c4ccccc43)c2)n1. The lowest BCUT2D eigenvalue weighted by molar-refractivity contribution is -0.116. The number of esters is 1. The molecule has 0 bridgehead atoms. The molecule has 9 nitrogen and oxygen atoms in total. The van der Waals surface area contributed by atoms with Crippen LogP contribution >= 0.6 is 0 Å². The zero-order valence-electron chi connectivity index (χ0n) is 18.5. The molecule has 0 atom stereocenters. The summed E-state index contributed by atoms with van der Waals surface area (Å²) in [4.78, 5) is 37.2. The van der Waals surface area contributed by atoms with Gasteiger partial charge in [-0.15, -0.1) is 0 Å². The third-order valence-corrected chi connectivity index (χ3v) is 5.27. The third kappa shape index (κ3) is 4.57. The quantitative estimate of drug-likeness (QED) is 0.418. The van der Waals surface area contributed by atoms with Gasteiger partial charge in [-0.2, -0.15) is 5.10 Å². The number of hydrogen-bond donors (Lipinski definition) is 1. The molecule has 0 aliphatic rings. The first-order chi connectivity index (χ1) is 16.0. The Kier molecular flexibility index (Phi) is 6.39. The number of rotatable bonds is 8. The number of anilines is 1. The van der Waals surface area contributed by atoms with E-state index in [9.17, 15) is 14.4 Å². The topological polar surface area (TPSA) is 100 Å². The predicted molar refractivity (Wildman–Crippen MR) is 125 cm³/mol. The Morgan fingerprint density at radius 3 is 2.48 bits per heavy atom. The summed E-state index contributed by atoms with van der Waals surface area (Å²) in [6.07, 6.45) is 1.81. The number of ether oxygens (including phenoxy) is 1.